The fourth-order valence-corrected chi connectivity index (χ4v) is 6.73. The number of esters is 1. The molecule has 0 aromatic heterocycles. The SMILES string of the molecule is COC(=O)c1ccc(CC(=O)[C@@H]2N[C@@H](CC(C)(C)C#N)[C@@]3(C(=O)Nc4cc(Cl)ccc43)[C@H]2c2cccc(Cl)c2F)c(F)c1. The molecule has 1 fully saturated rings. The van der Waals surface area contributed by atoms with Crippen LogP contribution in [-0.4, -0.2) is 36.9 Å². The minimum Gasteiger partial charge on any atom is -0.465 e. The lowest BCUT2D eigenvalue weighted by Gasteiger charge is -2.37. The minimum absolute atomic E-state index is 0.00248. The standard InChI is InChI=1S/C32H27Cl2F2N3O4/c1-31(2,15-37)14-25-32(20-10-9-18(33)13-23(20)38-30(32)42)26(19-5-4-6-21(34)27(19)36)28(39-25)24(40)12-16-7-8-17(11-22(16)35)29(41)43-3/h4-11,13,25-26,28,39H,12,14H2,1-3H3,(H,38,42)/t25-,26-,28-,32+/m0/s1. The molecule has 2 aliphatic heterocycles. The fourth-order valence-electron chi connectivity index (χ4n) is 6.38. The number of ether oxygens (including phenoxy) is 1. The molecule has 222 valence electrons. The third-order valence-electron chi connectivity index (χ3n) is 8.32. The number of carbonyl (C=O) groups excluding carboxylic acids is 3. The van der Waals surface area contributed by atoms with Crippen LogP contribution in [0.2, 0.25) is 10.0 Å². The molecule has 0 aliphatic carbocycles. The number of methoxy groups -OCH3 is 1. The molecule has 1 spiro atoms. The summed E-state index contributed by atoms with van der Waals surface area (Å²) in [5.74, 6) is -4.49. The van der Waals surface area contributed by atoms with Gasteiger partial charge in [0, 0.05) is 29.1 Å². The van der Waals surface area contributed by atoms with E-state index in [2.05, 4.69) is 21.4 Å². The Morgan fingerprint density at radius 1 is 1.12 bits per heavy atom. The Balaban J connectivity index is 1.69. The summed E-state index contributed by atoms with van der Waals surface area (Å²) in [7, 11) is 1.17. The van der Waals surface area contributed by atoms with Crippen LogP contribution < -0.4 is 10.6 Å². The van der Waals surface area contributed by atoms with Crippen molar-refractivity contribution in [1.29, 1.82) is 5.26 Å². The molecule has 0 saturated carbocycles. The highest BCUT2D eigenvalue weighted by atomic mass is 35.5. The first-order chi connectivity index (χ1) is 20.3. The summed E-state index contributed by atoms with van der Waals surface area (Å²) in [5.41, 5.74) is -1.62. The number of Topliss-reactive ketones (excluding diaryl/α,β-unsaturated/α-hetero) is 1. The lowest BCUT2D eigenvalue weighted by atomic mass is 9.62. The normalized spacial score (nSPS) is 22.7. The van der Waals surface area contributed by atoms with Crippen molar-refractivity contribution >= 4 is 46.5 Å². The summed E-state index contributed by atoms with van der Waals surface area (Å²) < 4.78 is 35.6. The maximum absolute atomic E-state index is 15.9. The van der Waals surface area contributed by atoms with Crippen LogP contribution in [0.3, 0.4) is 0 Å². The van der Waals surface area contributed by atoms with Crippen molar-refractivity contribution in [3.8, 4) is 6.07 Å². The van der Waals surface area contributed by atoms with E-state index in [1.165, 1.54) is 37.4 Å². The van der Waals surface area contributed by atoms with Gasteiger partial charge in [-0.15, -0.1) is 0 Å². The van der Waals surface area contributed by atoms with Crippen molar-refractivity contribution in [2.24, 2.45) is 5.41 Å². The number of carbonyl (C=O) groups is 3. The molecule has 5 rings (SSSR count). The van der Waals surface area contributed by atoms with E-state index in [1.54, 1.807) is 32.0 Å². The first kappa shape index (κ1) is 30.6. The third kappa shape index (κ3) is 5.18. The van der Waals surface area contributed by atoms with Crippen LogP contribution >= 0.6 is 23.2 Å². The van der Waals surface area contributed by atoms with Gasteiger partial charge in [0.25, 0.3) is 0 Å². The highest BCUT2D eigenvalue weighted by molar-refractivity contribution is 6.31. The van der Waals surface area contributed by atoms with Gasteiger partial charge in [-0.2, -0.15) is 5.26 Å². The molecule has 1 saturated heterocycles. The molecular weight excluding hydrogens is 599 g/mol. The molecule has 11 heteroatoms. The number of rotatable bonds is 7. The predicted molar refractivity (Wildman–Crippen MR) is 157 cm³/mol. The zero-order chi connectivity index (χ0) is 31.3. The average Bonchev–Trinajstić information content (AvgIpc) is 3.44. The Morgan fingerprint density at radius 2 is 1.86 bits per heavy atom. The van der Waals surface area contributed by atoms with E-state index in [1.807, 2.05) is 0 Å². The fraction of sp³-hybridized carbons (Fsp3) is 0.312. The molecule has 4 atom stereocenters. The van der Waals surface area contributed by atoms with Gasteiger partial charge in [0.2, 0.25) is 5.91 Å². The molecule has 2 aliphatic rings. The molecule has 7 nitrogen and oxygen atoms in total. The van der Waals surface area contributed by atoms with E-state index < -0.39 is 64.5 Å². The maximum Gasteiger partial charge on any atom is 0.337 e. The molecular formula is C32H27Cl2F2N3O4. The molecule has 3 aromatic rings. The first-order valence-corrected chi connectivity index (χ1v) is 14.2. The van der Waals surface area contributed by atoms with E-state index in [4.69, 9.17) is 23.2 Å². The largest absolute Gasteiger partial charge is 0.465 e. The van der Waals surface area contributed by atoms with Gasteiger partial charge in [0.05, 0.1) is 35.2 Å². The highest BCUT2D eigenvalue weighted by Crippen LogP contribution is 2.57. The van der Waals surface area contributed by atoms with Crippen LogP contribution in [0.15, 0.2) is 54.6 Å². The van der Waals surface area contributed by atoms with E-state index in [0.29, 0.717) is 16.3 Å². The molecule has 0 unspecified atom stereocenters. The van der Waals surface area contributed by atoms with Crippen molar-refractivity contribution in [2.75, 3.05) is 12.4 Å². The number of hydrogen-bond donors (Lipinski definition) is 2. The number of nitrogens with one attached hydrogen (secondary N) is 2. The number of halogens is 4. The van der Waals surface area contributed by atoms with Crippen LogP contribution in [0, 0.1) is 28.4 Å². The van der Waals surface area contributed by atoms with Crippen LogP contribution in [0.5, 0.6) is 0 Å². The molecule has 0 radical (unpaired) electrons. The van der Waals surface area contributed by atoms with Crippen molar-refractivity contribution in [1.82, 2.24) is 5.32 Å². The maximum atomic E-state index is 15.9. The molecule has 2 N–H and O–H groups in total. The van der Waals surface area contributed by atoms with Crippen LogP contribution in [0.4, 0.5) is 14.5 Å². The van der Waals surface area contributed by atoms with Crippen LogP contribution in [0.1, 0.15) is 53.2 Å². The molecule has 43 heavy (non-hydrogen) atoms. The molecule has 1 amide bonds. The second-order valence-corrected chi connectivity index (χ2v) is 12.3. The van der Waals surface area contributed by atoms with Crippen molar-refractivity contribution in [2.45, 2.75) is 50.1 Å². The average molecular weight is 626 g/mol. The lowest BCUT2D eigenvalue weighted by molar-refractivity contribution is -0.122. The van der Waals surface area contributed by atoms with E-state index >= 15 is 8.78 Å². The quantitative estimate of drug-likeness (QED) is 0.306. The second kappa shape index (κ2) is 11.3. The number of fused-ring (bicyclic) bond motifs is 2. The van der Waals surface area contributed by atoms with Gasteiger partial charge in [-0.25, -0.2) is 13.6 Å². The minimum atomic E-state index is -1.56. The number of amides is 1. The predicted octanol–water partition coefficient (Wildman–Crippen LogP) is 6.12. The number of nitrogens with zero attached hydrogens (tertiary/aromatic N) is 1. The Kier molecular flexibility index (Phi) is 8.07. The van der Waals surface area contributed by atoms with Crippen molar-refractivity contribution in [3.63, 3.8) is 0 Å². The number of nitriles is 1. The Morgan fingerprint density at radius 3 is 2.53 bits per heavy atom. The van der Waals surface area contributed by atoms with Crippen molar-refractivity contribution in [3.05, 3.63) is 98.5 Å². The summed E-state index contributed by atoms with van der Waals surface area (Å²) in [6, 6.07) is 13.1. The molecule has 2 heterocycles. The van der Waals surface area contributed by atoms with Crippen molar-refractivity contribution < 1.29 is 27.9 Å². The zero-order valence-corrected chi connectivity index (χ0v) is 24.9. The third-order valence-corrected chi connectivity index (χ3v) is 8.85. The molecule has 0 bridgehead atoms. The summed E-state index contributed by atoms with van der Waals surface area (Å²) >= 11 is 12.5. The van der Waals surface area contributed by atoms with Crippen LogP contribution in [-0.2, 0) is 26.2 Å². The number of hydrogen-bond acceptors (Lipinski definition) is 6. The Bertz CT molecular complexity index is 1710. The van der Waals surface area contributed by atoms with E-state index in [-0.39, 0.29) is 28.1 Å². The van der Waals surface area contributed by atoms with Gasteiger partial charge >= 0.3 is 5.97 Å². The van der Waals surface area contributed by atoms with Crippen LogP contribution in [0.25, 0.3) is 0 Å². The summed E-state index contributed by atoms with van der Waals surface area (Å²) in [5, 5.41) is 16.2. The topological polar surface area (TPSA) is 108 Å². The van der Waals surface area contributed by atoms with Gasteiger partial charge in [0.1, 0.15) is 17.0 Å². The monoisotopic (exact) mass is 625 g/mol. The number of benzene rings is 3. The van der Waals surface area contributed by atoms with Gasteiger partial charge in [-0.05, 0) is 67.3 Å². The van der Waals surface area contributed by atoms with Gasteiger partial charge < -0.3 is 15.4 Å². The number of ketones is 1. The Labute approximate surface area is 257 Å². The lowest BCUT2D eigenvalue weighted by Crippen LogP contribution is -2.50. The first-order valence-electron chi connectivity index (χ1n) is 13.5. The Hall–Kier alpha value is -3.84. The summed E-state index contributed by atoms with van der Waals surface area (Å²) in [6.07, 6.45) is -0.313. The van der Waals surface area contributed by atoms with E-state index in [0.717, 1.165) is 6.07 Å². The molecule has 3 aromatic carbocycles. The summed E-state index contributed by atoms with van der Waals surface area (Å²) in [4.78, 5) is 40.2. The summed E-state index contributed by atoms with van der Waals surface area (Å²) in [6.45, 7) is 3.42. The second-order valence-electron chi connectivity index (χ2n) is 11.5. The van der Waals surface area contributed by atoms with E-state index in [9.17, 15) is 19.6 Å². The zero-order valence-electron chi connectivity index (χ0n) is 23.4. The van der Waals surface area contributed by atoms with Gasteiger partial charge in [-0.3, -0.25) is 9.59 Å². The van der Waals surface area contributed by atoms with Gasteiger partial charge in [-0.1, -0.05) is 47.5 Å². The van der Waals surface area contributed by atoms with Gasteiger partial charge in [0.15, 0.2) is 5.78 Å². The smallest absolute Gasteiger partial charge is 0.337 e. The highest BCUT2D eigenvalue weighted by Gasteiger charge is 2.66. The number of anilines is 1.